The van der Waals surface area contributed by atoms with Gasteiger partial charge in [-0.05, 0) is 55.4 Å². The van der Waals surface area contributed by atoms with Gasteiger partial charge in [-0.25, -0.2) is 9.97 Å². The SMILES string of the molecule is O=C(c1ccc(Cc2ccccc2)cc1Cl)c1c[nH]c2ncnc(N[C@@H]3CCCN(C(=O)CCCCCCBr)C3)c12. The standard InChI is InChI=1S/C32H35BrClN5O2/c33-15-7-2-1-6-12-28(40)39-16-8-11-24(20-39)38-32-29-26(19-35-31(29)36-21-37-32)30(41)25-14-13-23(18-27(25)34)17-22-9-4-3-5-10-22/h3-5,9-10,13-14,18-19,21,24H,1-2,6-8,11-12,15-17,20H2,(H2,35,36,37,38)/t24-/m1/s1. The zero-order valence-corrected chi connectivity index (χ0v) is 25.4. The maximum Gasteiger partial charge on any atom is 0.222 e. The van der Waals surface area contributed by atoms with Crippen molar-refractivity contribution in [3.05, 3.63) is 88.3 Å². The third-order valence-electron chi connectivity index (χ3n) is 7.63. The number of aromatic amines is 1. The van der Waals surface area contributed by atoms with Crippen LogP contribution in [-0.2, 0) is 11.2 Å². The van der Waals surface area contributed by atoms with Crippen LogP contribution in [0.2, 0.25) is 5.02 Å². The summed E-state index contributed by atoms with van der Waals surface area (Å²) in [5.41, 5.74) is 3.70. The number of anilines is 1. The summed E-state index contributed by atoms with van der Waals surface area (Å²) in [4.78, 5) is 40.5. The summed E-state index contributed by atoms with van der Waals surface area (Å²) in [7, 11) is 0. The molecule has 0 aliphatic carbocycles. The maximum atomic E-state index is 13.7. The third kappa shape index (κ3) is 7.35. The van der Waals surface area contributed by atoms with Crippen molar-refractivity contribution < 1.29 is 9.59 Å². The van der Waals surface area contributed by atoms with E-state index >= 15 is 0 Å². The fraction of sp³-hybridized carbons (Fsp3) is 0.375. The highest BCUT2D eigenvalue weighted by Gasteiger charge is 2.26. The number of alkyl halides is 1. The van der Waals surface area contributed by atoms with Gasteiger partial charge in [-0.1, -0.05) is 76.8 Å². The monoisotopic (exact) mass is 635 g/mol. The van der Waals surface area contributed by atoms with Gasteiger partial charge in [-0.3, -0.25) is 9.59 Å². The minimum absolute atomic E-state index is 0.0397. The van der Waals surface area contributed by atoms with Gasteiger partial charge in [-0.15, -0.1) is 0 Å². The molecule has 1 fully saturated rings. The van der Waals surface area contributed by atoms with Crippen molar-refractivity contribution in [3.63, 3.8) is 0 Å². The van der Waals surface area contributed by atoms with Gasteiger partial charge in [0.05, 0.1) is 16.0 Å². The molecule has 5 rings (SSSR count). The molecule has 0 saturated carbocycles. The number of nitrogens with one attached hydrogen (secondary N) is 2. The van der Waals surface area contributed by atoms with Gasteiger partial charge in [0.2, 0.25) is 5.91 Å². The Labute approximate surface area is 254 Å². The van der Waals surface area contributed by atoms with Gasteiger partial charge in [-0.2, -0.15) is 0 Å². The quantitative estimate of drug-likeness (QED) is 0.0977. The summed E-state index contributed by atoms with van der Waals surface area (Å²) in [5, 5.41) is 5.59. The van der Waals surface area contributed by atoms with Crippen molar-refractivity contribution in [1.82, 2.24) is 19.9 Å². The van der Waals surface area contributed by atoms with Gasteiger partial charge in [0.25, 0.3) is 0 Å². The van der Waals surface area contributed by atoms with E-state index in [0.29, 0.717) is 46.0 Å². The van der Waals surface area contributed by atoms with E-state index in [9.17, 15) is 9.59 Å². The number of fused-ring (bicyclic) bond motifs is 1. The summed E-state index contributed by atoms with van der Waals surface area (Å²) < 4.78 is 0. The van der Waals surface area contributed by atoms with E-state index in [4.69, 9.17) is 11.6 Å². The van der Waals surface area contributed by atoms with Crippen LogP contribution in [0.4, 0.5) is 5.82 Å². The Bertz CT molecular complexity index is 1490. The van der Waals surface area contributed by atoms with Crippen molar-refractivity contribution in [2.75, 3.05) is 23.7 Å². The highest BCUT2D eigenvalue weighted by atomic mass is 79.9. The first-order valence-electron chi connectivity index (χ1n) is 14.3. The van der Waals surface area contributed by atoms with E-state index in [1.165, 1.54) is 11.9 Å². The molecule has 214 valence electrons. The van der Waals surface area contributed by atoms with Crippen molar-refractivity contribution in [3.8, 4) is 0 Å². The predicted molar refractivity (Wildman–Crippen MR) is 168 cm³/mol. The van der Waals surface area contributed by atoms with Crippen molar-refractivity contribution in [1.29, 1.82) is 0 Å². The second kappa shape index (κ2) is 14.1. The number of ketones is 1. The Morgan fingerprint density at radius 1 is 1.02 bits per heavy atom. The molecule has 1 aliphatic heterocycles. The fourth-order valence-corrected chi connectivity index (χ4v) is 6.16. The number of amides is 1. The molecule has 2 aromatic heterocycles. The number of carbonyl (C=O) groups excluding carboxylic acids is 2. The Kier molecular flexibility index (Phi) is 10.1. The first kappa shape index (κ1) is 29.3. The highest BCUT2D eigenvalue weighted by Crippen LogP contribution is 2.30. The van der Waals surface area contributed by atoms with Crippen LogP contribution in [0.15, 0.2) is 61.1 Å². The number of halogens is 2. The lowest BCUT2D eigenvalue weighted by atomic mass is 9.99. The van der Waals surface area contributed by atoms with E-state index in [2.05, 4.69) is 48.3 Å². The topological polar surface area (TPSA) is 91.0 Å². The Morgan fingerprint density at radius 3 is 2.66 bits per heavy atom. The van der Waals surface area contributed by atoms with Crippen LogP contribution < -0.4 is 5.32 Å². The second-order valence-electron chi connectivity index (χ2n) is 10.6. The molecule has 4 aromatic rings. The van der Waals surface area contributed by atoms with Gasteiger partial charge in [0.1, 0.15) is 17.8 Å². The number of unbranched alkanes of at least 4 members (excludes halogenated alkanes) is 3. The zero-order valence-electron chi connectivity index (χ0n) is 23.0. The molecule has 41 heavy (non-hydrogen) atoms. The van der Waals surface area contributed by atoms with E-state index in [1.54, 1.807) is 12.3 Å². The van der Waals surface area contributed by atoms with E-state index < -0.39 is 0 Å². The molecule has 7 nitrogen and oxygen atoms in total. The Morgan fingerprint density at radius 2 is 1.85 bits per heavy atom. The smallest absolute Gasteiger partial charge is 0.222 e. The van der Waals surface area contributed by atoms with Gasteiger partial charge in [0.15, 0.2) is 5.78 Å². The number of piperidine rings is 1. The largest absolute Gasteiger partial charge is 0.365 e. The van der Waals surface area contributed by atoms with Crippen LogP contribution >= 0.6 is 27.5 Å². The fourth-order valence-electron chi connectivity index (χ4n) is 5.48. The molecule has 2 aromatic carbocycles. The van der Waals surface area contributed by atoms with Gasteiger partial charge < -0.3 is 15.2 Å². The number of nitrogens with zero attached hydrogens (tertiary/aromatic N) is 3. The number of aromatic nitrogens is 3. The van der Waals surface area contributed by atoms with Gasteiger partial charge >= 0.3 is 0 Å². The Hall–Kier alpha value is -3.23. The van der Waals surface area contributed by atoms with Crippen LogP contribution in [0.3, 0.4) is 0 Å². The van der Waals surface area contributed by atoms with Crippen molar-refractivity contribution >= 4 is 56.1 Å². The average molecular weight is 637 g/mol. The average Bonchev–Trinajstić information content (AvgIpc) is 3.43. The normalized spacial score (nSPS) is 15.3. The van der Waals surface area contributed by atoms with Crippen LogP contribution in [0.1, 0.15) is 72.0 Å². The minimum atomic E-state index is -0.189. The van der Waals surface area contributed by atoms with Crippen LogP contribution in [0.25, 0.3) is 11.0 Å². The molecule has 1 amide bonds. The first-order valence-corrected chi connectivity index (χ1v) is 15.8. The summed E-state index contributed by atoms with van der Waals surface area (Å²) in [6.45, 7) is 1.40. The number of H-pyrrole nitrogens is 1. The Balaban J connectivity index is 1.29. The summed E-state index contributed by atoms with van der Waals surface area (Å²) in [6.07, 6.45) is 10.6. The van der Waals surface area contributed by atoms with Gasteiger partial charge in [0, 0.05) is 42.6 Å². The molecule has 0 unspecified atom stereocenters. The summed E-state index contributed by atoms with van der Waals surface area (Å²) in [6, 6.07) is 15.8. The van der Waals surface area contributed by atoms with E-state index in [-0.39, 0.29) is 17.7 Å². The lowest BCUT2D eigenvalue weighted by Crippen LogP contribution is -2.45. The lowest BCUT2D eigenvalue weighted by Gasteiger charge is -2.33. The molecule has 0 spiro atoms. The number of carbonyl (C=O) groups is 2. The second-order valence-corrected chi connectivity index (χ2v) is 11.8. The van der Waals surface area contributed by atoms with Crippen LogP contribution in [0.5, 0.6) is 0 Å². The summed E-state index contributed by atoms with van der Waals surface area (Å²) in [5.74, 6) is 0.613. The molecule has 1 atom stereocenters. The van der Waals surface area contributed by atoms with Crippen LogP contribution in [-0.4, -0.2) is 56.0 Å². The number of hydrogen-bond acceptors (Lipinski definition) is 5. The van der Waals surface area contributed by atoms with E-state index in [1.807, 2.05) is 35.2 Å². The van der Waals surface area contributed by atoms with Crippen LogP contribution in [0, 0.1) is 0 Å². The van der Waals surface area contributed by atoms with E-state index in [0.717, 1.165) is 62.4 Å². The number of benzene rings is 2. The molecule has 1 saturated heterocycles. The molecule has 0 radical (unpaired) electrons. The lowest BCUT2D eigenvalue weighted by molar-refractivity contribution is -0.132. The molecular formula is C32H35BrClN5O2. The first-order chi connectivity index (χ1) is 20.0. The predicted octanol–water partition coefficient (Wildman–Crippen LogP) is 7.18. The maximum absolute atomic E-state index is 13.7. The third-order valence-corrected chi connectivity index (χ3v) is 8.51. The molecular weight excluding hydrogens is 602 g/mol. The minimum Gasteiger partial charge on any atom is -0.365 e. The number of likely N-dealkylation sites (tertiary alicyclic amines) is 1. The molecule has 3 heterocycles. The molecule has 0 bridgehead atoms. The van der Waals surface area contributed by atoms with Crippen molar-refractivity contribution in [2.45, 2.75) is 57.4 Å². The zero-order chi connectivity index (χ0) is 28.6. The number of rotatable bonds is 12. The molecule has 1 aliphatic rings. The molecule has 9 heteroatoms. The van der Waals surface area contributed by atoms with Crippen molar-refractivity contribution in [2.24, 2.45) is 0 Å². The molecule has 2 N–H and O–H groups in total. The highest BCUT2D eigenvalue weighted by molar-refractivity contribution is 9.09. The number of hydrogen-bond donors (Lipinski definition) is 2. The summed E-state index contributed by atoms with van der Waals surface area (Å²) >= 11 is 10.1.